The van der Waals surface area contributed by atoms with Gasteiger partial charge in [0.15, 0.2) is 0 Å². The molecular weight excluding hydrogens is 389 g/mol. The fraction of sp³-hybridized carbons (Fsp3) is 0.174. The molecule has 0 saturated carbocycles. The van der Waals surface area contributed by atoms with Crippen molar-refractivity contribution >= 4 is 21.6 Å². The zero-order valence-electron chi connectivity index (χ0n) is 16.1. The van der Waals surface area contributed by atoms with Crippen molar-refractivity contribution in [2.24, 2.45) is 0 Å². The smallest absolute Gasteiger partial charge is 0.268 e. The summed E-state index contributed by atoms with van der Waals surface area (Å²) in [6.07, 6.45) is 2.95. The second-order valence-corrected chi connectivity index (χ2v) is 8.45. The van der Waals surface area contributed by atoms with Crippen molar-refractivity contribution in [3.8, 4) is 0 Å². The molecule has 6 heteroatoms. The van der Waals surface area contributed by atoms with Crippen LogP contribution in [-0.2, 0) is 16.4 Å². The number of aryl methyl sites for hydroxylation is 1. The molecule has 3 aromatic carbocycles. The summed E-state index contributed by atoms with van der Waals surface area (Å²) in [4.78, 5) is 13.1. The monoisotopic (exact) mass is 411 g/mol. The van der Waals surface area contributed by atoms with Crippen LogP contribution in [0.15, 0.2) is 83.8 Å². The Labute approximate surface area is 170 Å². The lowest BCUT2D eigenvalue weighted by molar-refractivity contribution is 0.100. The van der Waals surface area contributed by atoms with Crippen LogP contribution in [0.5, 0.6) is 0 Å². The zero-order valence-corrected chi connectivity index (χ0v) is 16.9. The van der Waals surface area contributed by atoms with Crippen LogP contribution in [0.2, 0.25) is 0 Å². The van der Waals surface area contributed by atoms with Crippen LogP contribution in [0.4, 0.5) is 10.1 Å². The molecule has 0 aliphatic carbocycles. The number of carbonyl (C=O) groups is 1. The molecule has 0 aromatic heterocycles. The summed E-state index contributed by atoms with van der Waals surface area (Å²) in [5.41, 5.74) is 1.23. The van der Waals surface area contributed by atoms with Crippen molar-refractivity contribution in [2.75, 3.05) is 4.31 Å². The maximum absolute atomic E-state index is 13.7. The lowest BCUT2D eigenvalue weighted by Crippen LogP contribution is -2.37. The summed E-state index contributed by atoms with van der Waals surface area (Å²) in [5.74, 6) is -1.42. The molecule has 29 heavy (non-hydrogen) atoms. The van der Waals surface area contributed by atoms with Gasteiger partial charge >= 0.3 is 0 Å². The molecule has 3 rings (SSSR count). The van der Waals surface area contributed by atoms with Gasteiger partial charge in [0.05, 0.1) is 10.6 Å². The Balaban J connectivity index is 2.08. The van der Waals surface area contributed by atoms with E-state index in [1.54, 1.807) is 30.3 Å². The second kappa shape index (κ2) is 9.01. The average Bonchev–Trinajstić information content (AvgIpc) is 2.74. The molecule has 0 N–H and O–H groups in total. The van der Waals surface area contributed by atoms with Gasteiger partial charge in [0.25, 0.3) is 15.9 Å². The molecule has 1 amide bonds. The summed E-state index contributed by atoms with van der Waals surface area (Å²) in [7, 11) is -4.18. The number of hydrogen-bond acceptors (Lipinski definition) is 3. The topological polar surface area (TPSA) is 54.5 Å². The normalized spacial score (nSPS) is 11.2. The van der Waals surface area contributed by atoms with Gasteiger partial charge in [-0.15, -0.1) is 0 Å². The molecule has 0 unspecified atom stereocenters. The molecule has 0 bridgehead atoms. The Morgan fingerprint density at radius 3 is 2.24 bits per heavy atom. The van der Waals surface area contributed by atoms with Gasteiger partial charge in [-0.25, -0.2) is 12.8 Å². The number of rotatable bonds is 7. The molecule has 0 aliphatic heterocycles. The number of amides is 1. The van der Waals surface area contributed by atoms with Gasteiger partial charge in [-0.3, -0.25) is 4.79 Å². The average molecular weight is 411 g/mol. The molecule has 0 atom stereocenters. The Morgan fingerprint density at radius 1 is 0.931 bits per heavy atom. The van der Waals surface area contributed by atoms with Gasteiger partial charge in [0.1, 0.15) is 5.82 Å². The quantitative estimate of drug-likeness (QED) is 0.537. The van der Waals surface area contributed by atoms with E-state index in [1.807, 2.05) is 12.1 Å². The van der Waals surface area contributed by atoms with Crippen LogP contribution in [0.3, 0.4) is 0 Å². The number of carbonyl (C=O) groups excluding carboxylic acids is 1. The van der Waals surface area contributed by atoms with Gasteiger partial charge in [-0.1, -0.05) is 49.7 Å². The van der Waals surface area contributed by atoms with E-state index >= 15 is 0 Å². The fourth-order valence-electron chi connectivity index (χ4n) is 2.98. The van der Waals surface area contributed by atoms with E-state index in [4.69, 9.17) is 0 Å². The van der Waals surface area contributed by atoms with E-state index in [2.05, 4.69) is 6.92 Å². The number of anilines is 1. The Kier molecular flexibility index (Phi) is 6.44. The van der Waals surface area contributed by atoms with Crippen molar-refractivity contribution in [3.05, 3.63) is 95.8 Å². The Hall–Kier alpha value is -2.99. The van der Waals surface area contributed by atoms with E-state index in [0.717, 1.165) is 35.2 Å². The molecule has 0 radical (unpaired) electrons. The van der Waals surface area contributed by atoms with Gasteiger partial charge in [0.2, 0.25) is 0 Å². The Bertz CT molecular complexity index is 1080. The molecule has 4 nitrogen and oxygen atoms in total. The van der Waals surface area contributed by atoms with Crippen LogP contribution < -0.4 is 4.31 Å². The third kappa shape index (κ3) is 4.71. The first kappa shape index (κ1) is 20.7. The number of sulfonamides is 1. The SMILES string of the molecule is CCCCc1ccc(N(C(=O)c2cccc(F)c2)S(=O)(=O)c2ccccc2)cc1. The van der Waals surface area contributed by atoms with Crippen LogP contribution in [0, 0.1) is 5.82 Å². The number of hydrogen-bond donors (Lipinski definition) is 0. The molecule has 150 valence electrons. The Morgan fingerprint density at radius 2 is 1.62 bits per heavy atom. The lowest BCUT2D eigenvalue weighted by Gasteiger charge is -2.23. The van der Waals surface area contributed by atoms with Crippen LogP contribution >= 0.6 is 0 Å². The first-order valence-corrected chi connectivity index (χ1v) is 10.9. The van der Waals surface area contributed by atoms with Crippen LogP contribution in [0.1, 0.15) is 35.7 Å². The summed E-state index contributed by atoms with van der Waals surface area (Å²) < 4.78 is 41.0. The minimum Gasteiger partial charge on any atom is -0.268 e. The molecule has 3 aromatic rings. The van der Waals surface area contributed by atoms with Crippen molar-refractivity contribution in [1.82, 2.24) is 0 Å². The standard InChI is InChI=1S/C23H22FNO3S/c1-2-3-8-18-13-15-21(16-14-18)25(23(26)19-9-7-10-20(24)17-19)29(27,28)22-11-5-4-6-12-22/h4-7,9-17H,2-3,8H2,1H3. The third-order valence-corrected chi connectivity index (χ3v) is 6.25. The van der Waals surface area contributed by atoms with E-state index in [9.17, 15) is 17.6 Å². The second-order valence-electron chi connectivity index (χ2n) is 6.67. The summed E-state index contributed by atoms with van der Waals surface area (Å²) in [5, 5.41) is 0. The van der Waals surface area contributed by atoms with Crippen molar-refractivity contribution < 1.29 is 17.6 Å². The number of halogens is 1. The first-order valence-electron chi connectivity index (χ1n) is 9.42. The summed E-state index contributed by atoms with van der Waals surface area (Å²) >= 11 is 0. The predicted octanol–water partition coefficient (Wildman–Crippen LogP) is 5.20. The van der Waals surface area contributed by atoms with E-state index in [0.29, 0.717) is 0 Å². The van der Waals surface area contributed by atoms with Gasteiger partial charge in [0, 0.05) is 5.56 Å². The fourth-order valence-corrected chi connectivity index (χ4v) is 4.42. The molecular formula is C23H22FNO3S. The summed E-state index contributed by atoms with van der Waals surface area (Å²) in [6.45, 7) is 2.10. The first-order chi connectivity index (χ1) is 13.9. The maximum atomic E-state index is 13.7. The summed E-state index contributed by atoms with van der Waals surface area (Å²) in [6, 6.07) is 19.6. The van der Waals surface area contributed by atoms with Gasteiger partial charge < -0.3 is 0 Å². The number of benzene rings is 3. The molecule has 0 saturated heterocycles. The van der Waals surface area contributed by atoms with Gasteiger partial charge in [-0.05, 0) is 60.9 Å². The van der Waals surface area contributed by atoms with E-state index < -0.39 is 21.7 Å². The highest BCUT2D eigenvalue weighted by Crippen LogP contribution is 2.27. The number of nitrogens with zero attached hydrogens (tertiary/aromatic N) is 1. The molecule has 0 spiro atoms. The minimum absolute atomic E-state index is 0.0141. The van der Waals surface area contributed by atoms with Crippen LogP contribution in [0.25, 0.3) is 0 Å². The third-order valence-electron chi connectivity index (χ3n) is 4.53. The zero-order chi connectivity index (χ0) is 20.9. The lowest BCUT2D eigenvalue weighted by atomic mass is 10.1. The number of unbranched alkanes of at least 4 members (excludes halogenated alkanes) is 1. The minimum atomic E-state index is -4.18. The largest absolute Gasteiger partial charge is 0.272 e. The highest BCUT2D eigenvalue weighted by Gasteiger charge is 2.31. The molecule has 0 aliphatic rings. The molecule has 0 heterocycles. The maximum Gasteiger partial charge on any atom is 0.272 e. The highest BCUT2D eigenvalue weighted by atomic mass is 32.2. The van der Waals surface area contributed by atoms with E-state index in [-0.39, 0.29) is 16.1 Å². The van der Waals surface area contributed by atoms with E-state index in [1.165, 1.54) is 30.3 Å². The van der Waals surface area contributed by atoms with Crippen molar-refractivity contribution in [1.29, 1.82) is 0 Å². The van der Waals surface area contributed by atoms with Gasteiger partial charge in [-0.2, -0.15) is 4.31 Å². The van der Waals surface area contributed by atoms with Crippen LogP contribution in [-0.4, -0.2) is 14.3 Å². The predicted molar refractivity (Wildman–Crippen MR) is 112 cm³/mol. The van der Waals surface area contributed by atoms with Crippen molar-refractivity contribution in [3.63, 3.8) is 0 Å². The van der Waals surface area contributed by atoms with Crippen molar-refractivity contribution in [2.45, 2.75) is 31.1 Å². The molecule has 0 fully saturated rings. The highest BCUT2D eigenvalue weighted by molar-refractivity contribution is 7.93.